The van der Waals surface area contributed by atoms with Crippen molar-refractivity contribution in [3.63, 3.8) is 0 Å². The molecular formula is C22H31N5O. The van der Waals surface area contributed by atoms with Crippen molar-refractivity contribution in [1.29, 1.82) is 0 Å². The summed E-state index contributed by atoms with van der Waals surface area (Å²) >= 11 is 0. The average Bonchev–Trinajstić information content (AvgIpc) is 2.73. The van der Waals surface area contributed by atoms with Gasteiger partial charge >= 0.3 is 0 Å². The van der Waals surface area contributed by atoms with E-state index in [1.807, 2.05) is 7.05 Å². The van der Waals surface area contributed by atoms with Gasteiger partial charge in [-0.05, 0) is 49.4 Å². The Balaban J connectivity index is 1.63. The number of aromatic nitrogens is 2. The summed E-state index contributed by atoms with van der Waals surface area (Å²) in [4.78, 5) is 25.1. The third-order valence-electron chi connectivity index (χ3n) is 5.37. The number of carbonyl (C=O) groups is 1. The van der Waals surface area contributed by atoms with Gasteiger partial charge in [0.1, 0.15) is 17.8 Å². The molecule has 0 bridgehead atoms. The molecule has 150 valence electrons. The molecule has 1 aromatic heterocycles. The van der Waals surface area contributed by atoms with Gasteiger partial charge in [-0.3, -0.25) is 4.79 Å². The maximum Gasteiger partial charge on any atom is 0.272 e. The lowest BCUT2D eigenvalue weighted by Crippen LogP contribution is -2.32. The normalized spacial score (nSPS) is 14.8. The van der Waals surface area contributed by atoms with Crippen LogP contribution in [0.15, 0.2) is 36.7 Å². The molecule has 2 heterocycles. The van der Waals surface area contributed by atoms with Crippen molar-refractivity contribution < 1.29 is 4.79 Å². The van der Waals surface area contributed by atoms with Gasteiger partial charge in [0.15, 0.2) is 0 Å². The molecule has 2 aromatic rings. The molecule has 1 N–H and O–H groups in total. The molecule has 1 saturated heterocycles. The first-order valence-electron chi connectivity index (χ1n) is 10.3. The van der Waals surface area contributed by atoms with Gasteiger partial charge in [0.2, 0.25) is 0 Å². The highest BCUT2D eigenvalue weighted by atomic mass is 16.2. The van der Waals surface area contributed by atoms with E-state index in [-0.39, 0.29) is 5.91 Å². The first-order valence-corrected chi connectivity index (χ1v) is 10.3. The molecule has 0 aliphatic carbocycles. The van der Waals surface area contributed by atoms with Crippen LogP contribution in [0.4, 0.5) is 17.2 Å². The van der Waals surface area contributed by atoms with Gasteiger partial charge in [0.05, 0.1) is 0 Å². The summed E-state index contributed by atoms with van der Waals surface area (Å²) in [5.74, 6) is 1.38. The second-order valence-electron chi connectivity index (χ2n) is 7.71. The van der Waals surface area contributed by atoms with Crippen LogP contribution in [0.1, 0.15) is 50.0 Å². The molecular weight excluding hydrogens is 350 g/mol. The minimum Gasteiger partial charge on any atom is -0.372 e. The zero-order valence-corrected chi connectivity index (χ0v) is 17.2. The van der Waals surface area contributed by atoms with E-state index in [1.54, 1.807) is 11.0 Å². The summed E-state index contributed by atoms with van der Waals surface area (Å²) < 4.78 is 0. The number of carbonyl (C=O) groups excluding carboxylic acids is 1. The number of piperidine rings is 1. The Morgan fingerprint density at radius 2 is 1.93 bits per heavy atom. The number of unbranched alkanes of at least 4 members (excludes halogenated alkanes) is 1. The van der Waals surface area contributed by atoms with Crippen molar-refractivity contribution in [3.05, 3.63) is 42.4 Å². The lowest BCUT2D eigenvalue weighted by molar-refractivity contribution is 0.0787. The fraction of sp³-hybridized carbons (Fsp3) is 0.500. The summed E-state index contributed by atoms with van der Waals surface area (Å²) in [7, 11) is 1.81. The fourth-order valence-corrected chi connectivity index (χ4v) is 3.41. The van der Waals surface area contributed by atoms with Crippen LogP contribution in [0.25, 0.3) is 0 Å². The quantitative estimate of drug-likeness (QED) is 0.773. The number of nitrogens with one attached hydrogen (secondary N) is 1. The number of rotatable bonds is 7. The SMILES string of the molecule is CCCCN(C)C(=O)c1cc(Nc2ccc(N3CCC(C)CC3)cc2)ncn1. The topological polar surface area (TPSA) is 61.4 Å². The van der Waals surface area contributed by atoms with Crippen molar-refractivity contribution in [2.45, 2.75) is 39.5 Å². The highest BCUT2D eigenvalue weighted by Gasteiger charge is 2.16. The molecule has 0 radical (unpaired) electrons. The molecule has 1 aliphatic rings. The number of anilines is 3. The van der Waals surface area contributed by atoms with E-state index < -0.39 is 0 Å². The van der Waals surface area contributed by atoms with Crippen molar-refractivity contribution in [2.75, 3.05) is 36.9 Å². The predicted octanol–water partition coefficient (Wildman–Crippen LogP) is 4.33. The number of amides is 1. The summed E-state index contributed by atoms with van der Waals surface area (Å²) in [6, 6.07) is 10.1. The smallest absolute Gasteiger partial charge is 0.272 e. The van der Waals surface area contributed by atoms with Gasteiger partial charge in [-0.25, -0.2) is 9.97 Å². The first-order chi connectivity index (χ1) is 13.6. The summed E-state index contributed by atoms with van der Waals surface area (Å²) in [5, 5.41) is 3.28. The van der Waals surface area contributed by atoms with Crippen molar-refractivity contribution in [3.8, 4) is 0 Å². The van der Waals surface area contributed by atoms with Gasteiger partial charge in [-0.1, -0.05) is 20.3 Å². The van der Waals surface area contributed by atoms with Crippen LogP contribution in [-0.4, -0.2) is 47.5 Å². The summed E-state index contributed by atoms with van der Waals surface area (Å²) in [6.07, 6.45) is 5.99. The minimum absolute atomic E-state index is 0.0754. The second-order valence-corrected chi connectivity index (χ2v) is 7.71. The number of hydrogen-bond donors (Lipinski definition) is 1. The van der Waals surface area contributed by atoms with Gasteiger partial charge in [0, 0.05) is 44.1 Å². The Kier molecular flexibility index (Phi) is 6.85. The number of benzene rings is 1. The predicted molar refractivity (Wildman–Crippen MR) is 114 cm³/mol. The highest BCUT2D eigenvalue weighted by molar-refractivity contribution is 5.92. The molecule has 1 amide bonds. The van der Waals surface area contributed by atoms with E-state index in [4.69, 9.17) is 0 Å². The molecule has 3 rings (SSSR count). The van der Waals surface area contributed by atoms with E-state index in [2.05, 4.69) is 58.3 Å². The zero-order valence-electron chi connectivity index (χ0n) is 17.2. The lowest BCUT2D eigenvalue weighted by atomic mass is 9.99. The Labute approximate surface area is 168 Å². The van der Waals surface area contributed by atoms with Gasteiger partial charge in [0.25, 0.3) is 5.91 Å². The molecule has 1 aliphatic heterocycles. The Hall–Kier alpha value is -2.63. The number of hydrogen-bond acceptors (Lipinski definition) is 5. The van der Waals surface area contributed by atoms with E-state index in [9.17, 15) is 4.79 Å². The van der Waals surface area contributed by atoms with Gasteiger partial charge in [-0.2, -0.15) is 0 Å². The minimum atomic E-state index is -0.0754. The van der Waals surface area contributed by atoms with Crippen LogP contribution < -0.4 is 10.2 Å². The Morgan fingerprint density at radius 3 is 2.61 bits per heavy atom. The van der Waals surface area contributed by atoms with Crippen LogP contribution in [-0.2, 0) is 0 Å². The Bertz CT molecular complexity index is 769. The van der Waals surface area contributed by atoms with Crippen LogP contribution in [0.3, 0.4) is 0 Å². The first kappa shape index (κ1) is 20.1. The summed E-state index contributed by atoms with van der Waals surface area (Å²) in [5.41, 5.74) is 2.62. The van der Waals surface area contributed by atoms with Crippen LogP contribution in [0, 0.1) is 5.92 Å². The van der Waals surface area contributed by atoms with Crippen LogP contribution in [0.5, 0.6) is 0 Å². The number of nitrogens with zero attached hydrogens (tertiary/aromatic N) is 4. The van der Waals surface area contributed by atoms with Crippen LogP contribution >= 0.6 is 0 Å². The highest BCUT2D eigenvalue weighted by Crippen LogP contribution is 2.25. The molecule has 1 aromatic carbocycles. The standard InChI is InChI=1S/C22H31N5O/c1-4-5-12-26(3)22(28)20-15-21(24-16-23-20)25-18-6-8-19(9-7-18)27-13-10-17(2)11-14-27/h6-9,15-17H,4-5,10-14H2,1-3H3,(H,23,24,25). The van der Waals surface area contributed by atoms with Crippen LogP contribution in [0.2, 0.25) is 0 Å². The van der Waals surface area contributed by atoms with E-state index in [0.29, 0.717) is 11.5 Å². The summed E-state index contributed by atoms with van der Waals surface area (Å²) in [6.45, 7) is 7.42. The molecule has 1 fully saturated rings. The molecule has 6 nitrogen and oxygen atoms in total. The van der Waals surface area contributed by atoms with E-state index in [1.165, 1.54) is 24.9 Å². The third-order valence-corrected chi connectivity index (χ3v) is 5.37. The zero-order chi connectivity index (χ0) is 19.9. The van der Waals surface area contributed by atoms with Crippen molar-refractivity contribution in [1.82, 2.24) is 14.9 Å². The van der Waals surface area contributed by atoms with Gasteiger partial charge < -0.3 is 15.1 Å². The monoisotopic (exact) mass is 381 g/mol. The molecule has 0 saturated carbocycles. The maximum absolute atomic E-state index is 12.5. The third kappa shape index (κ3) is 5.21. The van der Waals surface area contributed by atoms with Gasteiger partial charge in [-0.15, -0.1) is 0 Å². The van der Waals surface area contributed by atoms with E-state index in [0.717, 1.165) is 44.1 Å². The van der Waals surface area contributed by atoms with E-state index >= 15 is 0 Å². The molecule has 6 heteroatoms. The fourth-order valence-electron chi connectivity index (χ4n) is 3.41. The Morgan fingerprint density at radius 1 is 1.21 bits per heavy atom. The molecule has 0 atom stereocenters. The maximum atomic E-state index is 12.5. The largest absolute Gasteiger partial charge is 0.372 e. The van der Waals surface area contributed by atoms with Crippen molar-refractivity contribution >= 4 is 23.1 Å². The average molecular weight is 382 g/mol. The molecule has 0 spiro atoms. The molecule has 0 unspecified atom stereocenters. The molecule has 28 heavy (non-hydrogen) atoms. The second kappa shape index (κ2) is 9.53. The lowest BCUT2D eigenvalue weighted by Gasteiger charge is -2.32. The van der Waals surface area contributed by atoms with Crippen molar-refractivity contribution in [2.24, 2.45) is 5.92 Å².